The average molecular weight is 251 g/mol. The summed E-state index contributed by atoms with van der Waals surface area (Å²) in [6.07, 6.45) is 8.28. The zero-order valence-electron chi connectivity index (χ0n) is 11.4. The third kappa shape index (κ3) is 4.46. The van der Waals surface area contributed by atoms with E-state index in [1.54, 1.807) is 6.26 Å². The second-order valence-electron chi connectivity index (χ2n) is 5.31. The summed E-state index contributed by atoms with van der Waals surface area (Å²) in [5, 5.41) is 3.66. The van der Waals surface area contributed by atoms with Gasteiger partial charge in [-0.2, -0.15) is 0 Å². The van der Waals surface area contributed by atoms with Crippen molar-refractivity contribution in [1.29, 1.82) is 0 Å². The molecule has 1 aromatic heterocycles. The van der Waals surface area contributed by atoms with Crippen LogP contribution in [0.5, 0.6) is 0 Å². The van der Waals surface area contributed by atoms with Crippen LogP contribution in [-0.4, -0.2) is 19.2 Å². The first-order chi connectivity index (χ1) is 8.86. The molecular weight excluding hydrogens is 226 g/mol. The molecule has 102 valence electrons. The molecule has 1 aliphatic carbocycles. The maximum atomic E-state index is 5.56. The molecular formula is C15H25NO2. The highest BCUT2D eigenvalue weighted by atomic mass is 16.5. The van der Waals surface area contributed by atoms with Gasteiger partial charge in [0.25, 0.3) is 0 Å². The Hall–Kier alpha value is -0.800. The molecule has 0 amide bonds. The van der Waals surface area contributed by atoms with Crippen molar-refractivity contribution in [3.63, 3.8) is 0 Å². The second-order valence-corrected chi connectivity index (χ2v) is 5.31. The Bertz CT molecular complexity index is 310. The van der Waals surface area contributed by atoms with Crippen molar-refractivity contribution in [2.45, 2.75) is 51.7 Å². The molecule has 0 aromatic carbocycles. The predicted molar refractivity (Wildman–Crippen MR) is 72.4 cm³/mol. The third-order valence-electron chi connectivity index (χ3n) is 3.81. The highest BCUT2D eigenvalue weighted by molar-refractivity contribution is 4.95. The lowest BCUT2D eigenvalue weighted by atomic mass is 9.86. The Balaban J connectivity index is 1.48. The minimum atomic E-state index is 0.590. The number of hydrogen-bond acceptors (Lipinski definition) is 3. The molecule has 1 fully saturated rings. The van der Waals surface area contributed by atoms with Gasteiger partial charge in [0.05, 0.1) is 6.26 Å². The molecule has 2 atom stereocenters. The number of ether oxygens (including phenoxy) is 1. The third-order valence-corrected chi connectivity index (χ3v) is 3.81. The van der Waals surface area contributed by atoms with E-state index in [0.717, 1.165) is 37.3 Å². The van der Waals surface area contributed by atoms with Crippen LogP contribution in [0.1, 0.15) is 44.8 Å². The Labute approximate surface area is 110 Å². The van der Waals surface area contributed by atoms with Crippen LogP contribution in [0.4, 0.5) is 0 Å². The lowest BCUT2D eigenvalue weighted by molar-refractivity contribution is 0.102. The normalized spacial score (nSPS) is 24.3. The number of nitrogens with one attached hydrogen (secondary N) is 1. The summed E-state index contributed by atoms with van der Waals surface area (Å²) >= 11 is 0. The fourth-order valence-electron chi connectivity index (χ4n) is 2.65. The van der Waals surface area contributed by atoms with Crippen molar-refractivity contribution >= 4 is 0 Å². The molecule has 1 N–H and O–H groups in total. The number of furan rings is 1. The van der Waals surface area contributed by atoms with Gasteiger partial charge in [-0.05, 0) is 43.9 Å². The maximum absolute atomic E-state index is 5.56. The Morgan fingerprint density at radius 1 is 1.39 bits per heavy atom. The molecule has 3 nitrogen and oxygen atoms in total. The van der Waals surface area contributed by atoms with E-state index >= 15 is 0 Å². The van der Waals surface area contributed by atoms with Crippen LogP contribution in [-0.2, 0) is 11.3 Å². The van der Waals surface area contributed by atoms with E-state index in [4.69, 9.17) is 9.15 Å². The predicted octanol–water partition coefficient (Wildman–Crippen LogP) is 3.35. The first-order valence-corrected chi connectivity index (χ1v) is 7.20. The minimum absolute atomic E-state index is 0.590. The van der Waals surface area contributed by atoms with Gasteiger partial charge in [0.15, 0.2) is 0 Å². The molecule has 2 rings (SSSR count). The highest BCUT2D eigenvalue weighted by Gasteiger charge is 2.19. The SMILES string of the molecule is CC1CCCCC1NCCCOCc1ccco1. The van der Waals surface area contributed by atoms with Gasteiger partial charge in [-0.15, -0.1) is 0 Å². The van der Waals surface area contributed by atoms with Gasteiger partial charge in [-0.25, -0.2) is 0 Å². The fraction of sp³-hybridized carbons (Fsp3) is 0.733. The molecule has 0 spiro atoms. The zero-order chi connectivity index (χ0) is 12.6. The number of hydrogen-bond donors (Lipinski definition) is 1. The molecule has 0 radical (unpaired) electrons. The number of rotatable bonds is 7. The van der Waals surface area contributed by atoms with E-state index in [0.29, 0.717) is 6.61 Å². The molecule has 0 bridgehead atoms. The van der Waals surface area contributed by atoms with Gasteiger partial charge in [-0.1, -0.05) is 19.8 Å². The van der Waals surface area contributed by atoms with Gasteiger partial charge in [0, 0.05) is 12.6 Å². The van der Waals surface area contributed by atoms with Gasteiger partial charge >= 0.3 is 0 Å². The van der Waals surface area contributed by atoms with Crippen LogP contribution in [0.15, 0.2) is 22.8 Å². The Morgan fingerprint density at radius 2 is 2.28 bits per heavy atom. The zero-order valence-corrected chi connectivity index (χ0v) is 11.4. The van der Waals surface area contributed by atoms with E-state index < -0.39 is 0 Å². The molecule has 3 heteroatoms. The maximum Gasteiger partial charge on any atom is 0.129 e. The van der Waals surface area contributed by atoms with Crippen molar-refractivity contribution in [2.75, 3.05) is 13.2 Å². The summed E-state index contributed by atoms with van der Waals surface area (Å²) in [6.45, 7) is 4.82. The quantitative estimate of drug-likeness (QED) is 0.755. The summed E-state index contributed by atoms with van der Waals surface area (Å²) in [4.78, 5) is 0. The lowest BCUT2D eigenvalue weighted by Gasteiger charge is -2.29. The molecule has 1 aliphatic rings. The molecule has 1 saturated carbocycles. The first kappa shape index (κ1) is 13.6. The summed E-state index contributed by atoms with van der Waals surface area (Å²) in [6, 6.07) is 4.57. The van der Waals surface area contributed by atoms with E-state index in [9.17, 15) is 0 Å². The van der Waals surface area contributed by atoms with E-state index in [2.05, 4.69) is 12.2 Å². The van der Waals surface area contributed by atoms with Crippen LogP contribution in [0, 0.1) is 5.92 Å². The van der Waals surface area contributed by atoms with Gasteiger partial charge in [-0.3, -0.25) is 0 Å². The second kappa shape index (κ2) is 7.59. The van der Waals surface area contributed by atoms with Gasteiger partial charge < -0.3 is 14.5 Å². The largest absolute Gasteiger partial charge is 0.467 e. The van der Waals surface area contributed by atoms with Crippen molar-refractivity contribution in [3.05, 3.63) is 24.2 Å². The topological polar surface area (TPSA) is 34.4 Å². The smallest absolute Gasteiger partial charge is 0.129 e. The van der Waals surface area contributed by atoms with Crippen molar-refractivity contribution in [3.8, 4) is 0 Å². The summed E-state index contributed by atoms with van der Waals surface area (Å²) in [7, 11) is 0. The molecule has 1 heterocycles. The lowest BCUT2D eigenvalue weighted by Crippen LogP contribution is -2.37. The van der Waals surface area contributed by atoms with E-state index in [-0.39, 0.29) is 0 Å². The molecule has 18 heavy (non-hydrogen) atoms. The van der Waals surface area contributed by atoms with Gasteiger partial charge in [0.1, 0.15) is 12.4 Å². The summed E-state index contributed by atoms with van der Waals surface area (Å²) in [5.41, 5.74) is 0. The molecule has 1 aromatic rings. The first-order valence-electron chi connectivity index (χ1n) is 7.20. The highest BCUT2D eigenvalue weighted by Crippen LogP contribution is 2.23. The Kier molecular flexibility index (Phi) is 5.75. The van der Waals surface area contributed by atoms with Crippen LogP contribution >= 0.6 is 0 Å². The van der Waals surface area contributed by atoms with E-state index in [1.165, 1.54) is 25.7 Å². The van der Waals surface area contributed by atoms with Gasteiger partial charge in [0.2, 0.25) is 0 Å². The molecule has 0 saturated heterocycles. The van der Waals surface area contributed by atoms with Crippen LogP contribution in [0.2, 0.25) is 0 Å². The van der Waals surface area contributed by atoms with Crippen LogP contribution in [0.3, 0.4) is 0 Å². The van der Waals surface area contributed by atoms with E-state index in [1.807, 2.05) is 12.1 Å². The Morgan fingerprint density at radius 3 is 3.06 bits per heavy atom. The monoisotopic (exact) mass is 251 g/mol. The van der Waals surface area contributed by atoms with Crippen LogP contribution < -0.4 is 5.32 Å². The fourth-order valence-corrected chi connectivity index (χ4v) is 2.65. The average Bonchev–Trinajstić information content (AvgIpc) is 2.89. The summed E-state index contributed by atoms with van der Waals surface area (Å²) < 4.78 is 10.8. The minimum Gasteiger partial charge on any atom is -0.467 e. The van der Waals surface area contributed by atoms with Crippen LogP contribution in [0.25, 0.3) is 0 Å². The van der Waals surface area contributed by atoms with Crippen molar-refractivity contribution < 1.29 is 9.15 Å². The molecule has 2 unspecified atom stereocenters. The van der Waals surface area contributed by atoms with Crippen molar-refractivity contribution in [1.82, 2.24) is 5.32 Å². The summed E-state index contributed by atoms with van der Waals surface area (Å²) in [5.74, 6) is 1.74. The molecule has 0 aliphatic heterocycles. The standard InChI is InChI=1S/C15H25NO2/c1-13-6-2-3-8-15(13)16-9-5-10-17-12-14-7-4-11-18-14/h4,7,11,13,15-16H,2-3,5-6,8-10,12H2,1H3. The van der Waals surface area contributed by atoms with Crippen molar-refractivity contribution in [2.24, 2.45) is 5.92 Å².